The number of piperidine rings is 1. The Morgan fingerprint density at radius 2 is 1.92 bits per heavy atom. The molecule has 0 radical (unpaired) electrons. The third kappa shape index (κ3) is 3.30. The number of aliphatic hydroxyl groups excluding tert-OH is 1. The van der Waals surface area contributed by atoms with Crippen LogP contribution in [0.15, 0.2) is 54.7 Å². The molecule has 25 heavy (non-hydrogen) atoms. The second-order valence-electron chi connectivity index (χ2n) is 6.48. The number of pyridine rings is 1. The molecule has 2 aromatic heterocycles. The van der Waals surface area contributed by atoms with Gasteiger partial charge in [0, 0.05) is 24.0 Å². The Balaban J connectivity index is 1.42. The molecule has 4 rings (SSSR count). The molecule has 1 saturated heterocycles. The van der Waals surface area contributed by atoms with Crippen molar-refractivity contribution in [1.29, 1.82) is 0 Å². The van der Waals surface area contributed by atoms with Crippen LogP contribution in [0.5, 0.6) is 0 Å². The average Bonchev–Trinajstić information content (AvgIpc) is 3.12. The largest absolute Gasteiger partial charge is 0.387 e. The Hall–Kier alpha value is -2.24. The van der Waals surface area contributed by atoms with Gasteiger partial charge in [-0.1, -0.05) is 24.3 Å². The summed E-state index contributed by atoms with van der Waals surface area (Å²) in [4.78, 5) is 19.7. The molecule has 1 aliphatic heterocycles. The van der Waals surface area contributed by atoms with Gasteiger partial charge in [0.25, 0.3) is 5.91 Å². The third-order valence-electron chi connectivity index (χ3n) is 4.90. The topological polar surface area (TPSA) is 53.4 Å². The van der Waals surface area contributed by atoms with Gasteiger partial charge in [-0.15, -0.1) is 11.3 Å². The van der Waals surface area contributed by atoms with Crippen LogP contribution in [-0.2, 0) is 0 Å². The molecule has 0 aliphatic carbocycles. The first kappa shape index (κ1) is 16.2. The smallest absolute Gasteiger partial charge is 0.263 e. The van der Waals surface area contributed by atoms with Crippen LogP contribution in [-0.4, -0.2) is 34.0 Å². The van der Waals surface area contributed by atoms with Gasteiger partial charge in [-0.2, -0.15) is 0 Å². The normalized spacial score (nSPS) is 16.9. The van der Waals surface area contributed by atoms with Crippen LogP contribution < -0.4 is 0 Å². The number of rotatable bonds is 3. The van der Waals surface area contributed by atoms with Crippen LogP contribution >= 0.6 is 11.3 Å². The molecule has 0 saturated carbocycles. The Kier molecular flexibility index (Phi) is 4.51. The maximum Gasteiger partial charge on any atom is 0.263 e. The van der Waals surface area contributed by atoms with Crippen LogP contribution in [0.4, 0.5) is 0 Å². The predicted molar refractivity (Wildman–Crippen MR) is 99.6 cm³/mol. The van der Waals surface area contributed by atoms with Gasteiger partial charge in [-0.3, -0.25) is 9.78 Å². The molecule has 1 amide bonds. The van der Waals surface area contributed by atoms with E-state index in [2.05, 4.69) is 4.98 Å². The standard InChI is InChI=1S/C20H20N2O2S/c23-19(16-6-3-4-10-21-16)14-8-11-22(12-9-14)20(24)18-13-15-5-1-2-7-17(15)25-18/h1-7,10,13-14,19,23H,8-9,11-12H2/t19-/m0/s1. The van der Waals surface area contributed by atoms with E-state index in [0.29, 0.717) is 13.1 Å². The Labute approximate surface area is 150 Å². The fraction of sp³-hybridized carbons (Fsp3) is 0.300. The van der Waals surface area contributed by atoms with E-state index < -0.39 is 6.10 Å². The minimum absolute atomic E-state index is 0.104. The number of aliphatic hydroxyl groups is 1. The molecule has 3 heterocycles. The number of benzene rings is 1. The first-order valence-corrected chi connectivity index (χ1v) is 9.41. The molecule has 0 spiro atoms. The SMILES string of the molecule is O=C(c1cc2ccccc2s1)N1CCC([C@H](O)c2ccccn2)CC1. The molecular formula is C20H20N2O2S. The summed E-state index contributed by atoms with van der Waals surface area (Å²) in [6.07, 6.45) is 2.75. The molecule has 1 aliphatic rings. The number of carbonyl (C=O) groups is 1. The molecule has 1 aromatic carbocycles. The number of aromatic nitrogens is 1. The van der Waals surface area contributed by atoms with Crippen molar-refractivity contribution in [2.45, 2.75) is 18.9 Å². The van der Waals surface area contributed by atoms with Gasteiger partial charge in [0.15, 0.2) is 0 Å². The summed E-state index contributed by atoms with van der Waals surface area (Å²) >= 11 is 1.55. The van der Waals surface area contributed by atoms with Gasteiger partial charge in [0.05, 0.1) is 16.7 Å². The predicted octanol–water partition coefficient (Wildman–Crippen LogP) is 3.88. The first-order chi connectivity index (χ1) is 12.2. The highest BCUT2D eigenvalue weighted by atomic mass is 32.1. The number of fused-ring (bicyclic) bond motifs is 1. The molecule has 1 fully saturated rings. The van der Waals surface area contributed by atoms with Crippen molar-refractivity contribution in [1.82, 2.24) is 9.88 Å². The molecule has 0 unspecified atom stereocenters. The molecule has 3 aromatic rings. The van der Waals surface area contributed by atoms with E-state index in [-0.39, 0.29) is 11.8 Å². The van der Waals surface area contributed by atoms with E-state index in [4.69, 9.17) is 0 Å². The minimum atomic E-state index is -0.553. The molecule has 5 heteroatoms. The highest BCUT2D eigenvalue weighted by molar-refractivity contribution is 7.20. The van der Waals surface area contributed by atoms with E-state index in [1.165, 1.54) is 0 Å². The third-order valence-corrected chi connectivity index (χ3v) is 6.00. The lowest BCUT2D eigenvalue weighted by atomic mass is 9.89. The maximum atomic E-state index is 12.8. The number of hydrogen-bond acceptors (Lipinski definition) is 4. The Morgan fingerprint density at radius 1 is 1.16 bits per heavy atom. The summed E-state index contributed by atoms with van der Waals surface area (Å²) < 4.78 is 1.14. The quantitative estimate of drug-likeness (QED) is 0.778. The highest BCUT2D eigenvalue weighted by Gasteiger charge is 2.29. The molecule has 1 N–H and O–H groups in total. The van der Waals surface area contributed by atoms with Crippen LogP contribution in [0.3, 0.4) is 0 Å². The lowest BCUT2D eigenvalue weighted by Crippen LogP contribution is -2.39. The van der Waals surface area contributed by atoms with Crippen molar-refractivity contribution in [3.63, 3.8) is 0 Å². The molecule has 4 nitrogen and oxygen atoms in total. The van der Waals surface area contributed by atoms with Gasteiger partial charge in [-0.05, 0) is 48.4 Å². The fourth-order valence-electron chi connectivity index (χ4n) is 3.45. The number of amides is 1. The molecule has 128 valence electrons. The lowest BCUT2D eigenvalue weighted by Gasteiger charge is -2.33. The number of hydrogen-bond donors (Lipinski definition) is 1. The number of likely N-dealkylation sites (tertiary alicyclic amines) is 1. The minimum Gasteiger partial charge on any atom is -0.387 e. The zero-order valence-corrected chi connectivity index (χ0v) is 14.7. The summed E-state index contributed by atoms with van der Waals surface area (Å²) in [6, 6.07) is 15.7. The van der Waals surface area contributed by atoms with Crippen LogP contribution in [0.1, 0.15) is 34.3 Å². The molecule has 1 atom stereocenters. The molecule has 0 bridgehead atoms. The van der Waals surface area contributed by atoms with Gasteiger partial charge in [-0.25, -0.2) is 0 Å². The van der Waals surface area contributed by atoms with Crippen LogP contribution in [0.2, 0.25) is 0 Å². The monoisotopic (exact) mass is 352 g/mol. The van der Waals surface area contributed by atoms with Crippen molar-refractivity contribution in [3.8, 4) is 0 Å². The van der Waals surface area contributed by atoms with Crippen LogP contribution in [0.25, 0.3) is 10.1 Å². The zero-order valence-electron chi connectivity index (χ0n) is 13.8. The Bertz CT molecular complexity index is 837. The summed E-state index contributed by atoms with van der Waals surface area (Å²) in [5.41, 5.74) is 0.719. The second-order valence-corrected chi connectivity index (χ2v) is 7.56. The van der Waals surface area contributed by atoms with Gasteiger partial charge >= 0.3 is 0 Å². The highest BCUT2D eigenvalue weighted by Crippen LogP contribution is 2.32. The van der Waals surface area contributed by atoms with Gasteiger partial charge in [0.2, 0.25) is 0 Å². The number of nitrogens with zero attached hydrogens (tertiary/aromatic N) is 2. The van der Waals surface area contributed by atoms with Gasteiger partial charge in [0.1, 0.15) is 0 Å². The summed E-state index contributed by atoms with van der Waals surface area (Å²) in [6.45, 7) is 1.36. The van der Waals surface area contributed by atoms with Crippen molar-refractivity contribution in [2.24, 2.45) is 5.92 Å². The second kappa shape index (κ2) is 6.94. The van der Waals surface area contributed by atoms with Crippen LogP contribution in [0, 0.1) is 5.92 Å². The van der Waals surface area contributed by atoms with Crippen molar-refractivity contribution >= 4 is 27.3 Å². The fourth-order valence-corrected chi connectivity index (χ4v) is 4.48. The van der Waals surface area contributed by atoms with Gasteiger partial charge < -0.3 is 10.0 Å². The average molecular weight is 352 g/mol. The van der Waals surface area contributed by atoms with E-state index >= 15 is 0 Å². The van der Waals surface area contributed by atoms with Crippen molar-refractivity contribution < 1.29 is 9.90 Å². The first-order valence-electron chi connectivity index (χ1n) is 8.59. The zero-order chi connectivity index (χ0) is 17.2. The Morgan fingerprint density at radius 3 is 2.64 bits per heavy atom. The van der Waals surface area contributed by atoms with E-state index in [0.717, 1.165) is 33.5 Å². The van der Waals surface area contributed by atoms with E-state index in [9.17, 15) is 9.90 Å². The summed E-state index contributed by atoms with van der Waals surface area (Å²) in [7, 11) is 0. The van der Waals surface area contributed by atoms with Crippen molar-refractivity contribution in [3.05, 3.63) is 65.3 Å². The number of carbonyl (C=O) groups excluding carboxylic acids is 1. The van der Waals surface area contributed by atoms with E-state index in [1.807, 2.05) is 53.4 Å². The number of thiophene rings is 1. The molecular weight excluding hydrogens is 332 g/mol. The lowest BCUT2D eigenvalue weighted by molar-refractivity contribution is 0.0450. The summed E-state index contributed by atoms with van der Waals surface area (Å²) in [5.74, 6) is 0.258. The van der Waals surface area contributed by atoms with Crippen molar-refractivity contribution in [2.75, 3.05) is 13.1 Å². The van der Waals surface area contributed by atoms with E-state index in [1.54, 1.807) is 17.5 Å². The summed E-state index contributed by atoms with van der Waals surface area (Å²) in [5, 5.41) is 11.6. The maximum absolute atomic E-state index is 12.8.